The molecule has 0 spiro atoms. The van der Waals surface area contributed by atoms with Gasteiger partial charge in [-0.05, 0) is 36.6 Å². The predicted molar refractivity (Wildman–Crippen MR) is 90.0 cm³/mol. The summed E-state index contributed by atoms with van der Waals surface area (Å²) in [6, 6.07) is 13.1. The number of aromatic nitrogens is 2. The number of rotatable bonds is 3. The first kappa shape index (κ1) is 13.5. The number of nitrogens with one attached hydrogen (secondary N) is 1. The molecule has 22 heavy (non-hydrogen) atoms. The molecule has 0 saturated carbocycles. The van der Waals surface area contributed by atoms with Gasteiger partial charge in [0.2, 0.25) is 0 Å². The maximum Gasteiger partial charge on any atom is 0.0486 e. The van der Waals surface area contributed by atoms with Gasteiger partial charge in [0.25, 0.3) is 0 Å². The zero-order valence-electron chi connectivity index (χ0n) is 13.0. The topological polar surface area (TPSA) is 29.9 Å². The molecule has 112 valence electrons. The number of para-hydroxylation sites is 1. The summed E-state index contributed by atoms with van der Waals surface area (Å²) < 4.78 is 2.52. The van der Waals surface area contributed by atoms with Gasteiger partial charge in [-0.2, -0.15) is 0 Å². The van der Waals surface area contributed by atoms with Crippen LogP contribution >= 0.6 is 0 Å². The lowest BCUT2D eigenvalue weighted by Crippen LogP contribution is -2.24. The van der Waals surface area contributed by atoms with Crippen LogP contribution in [-0.2, 0) is 25.9 Å². The third kappa shape index (κ3) is 2.32. The molecule has 1 aromatic carbocycles. The summed E-state index contributed by atoms with van der Waals surface area (Å²) in [5, 5.41) is 4.91. The SMILES string of the molecule is Cc1ccc(CCn2c3c(c4ccccc42)CNCC3)cn1. The van der Waals surface area contributed by atoms with Crippen molar-refractivity contribution in [1.29, 1.82) is 0 Å². The third-order valence-electron chi connectivity index (χ3n) is 4.63. The maximum absolute atomic E-state index is 4.41. The summed E-state index contributed by atoms with van der Waals surface area (Å²) in [6.07, 6.45) is 4.16. The Morgan fingerprint density at radius 3 is 2.95 bits per heavy atom. The van der Waals surface area contributed by atoms with Crippen LogP contribution in [0.5, 0.6) is 0 Å². The van der Waals surface area contributed by atoms with Crippen LogP contribution in [0.4, 0.5) is 0 Å². The fraction of sp³-hybridized carbons (Fsp3) is 0.316. The summed E-state index contributed by atoms with van der Waals surface area (Å²) >= 11 is 0. The highest BCUT2D eigenvalue weighted by Crippen LogP contribution is 2.28. The van der Waals surface area contributed by atoms with Crippen molar-refractivity contribution in [2.45, 2.75) is 32.9 Å². The van der Waals surface area contributed by atoms with E-state index in [2.05, 4.69) is 51.3 Å². The summed E-state index contributed by atoms with van der Waals surface area (Å²) in [6.45, 7) is 5.14. The van der Waals surface area contributed by atoms with E-state index in [0.29, 0.717) is 0 Å². The zero-order chi connectivity index (χ0) is 14.9. The molecular weight excluding hydrogens is 270 g/mol. The molecule has 0 amide bonds. The lowest BCUT2D eigenvalue weighted by atomic mass is 10.1. The Morgan fingerprint density at radius 2 is 2.09 bits per heavy atom. The van der Waals surface area contributed by atoms with Gasteiger partial charge in [0.05, 0.1) is 0 Å². The summed E-state index contributed by atoms with van der Waals surface area (Å²) in [7, 11) is 0. The summed E-state index contributed by atoms with van der Waals surface area (Å²) in [5.41, 5.74) is 6.77. The molecule has 1 N–H and O–H groups in total. The number of fused-ring (bicyclic) bond motifs is 3. The molecule has 3 aromatic rings. The molecule has 2 aromatic heterocycles. The number of benzene rings is 1. The fourth-order valence-corrected chi connectivity index (χ4v) is 3.47. The Balaban J connectivity index is 1.70. The molecule has 0 atom stereocenters. The molecule has 0 saturated heterocycles. The van der Waals surface area contributed by atoms with Crippen LogP contribution in [0.25, 0.3) is 10.9 Å². The Kier molecular flexibility index (Phi) is 3.43. The van der Waals surface area contributed by atoms with Crippen LogP contribution in [0, 0.1) is 6.92 Å². The number of aryl methyl sites for hydroxylation is 3. The van der Waals surface area contributed by atoms with Gasteiger partial charge in [-0.3, -0.25) is 4.98 Å². The number of pyridine rings is 1. The van der Waals surface area contributed by atoms with Crippen LogP contribution in [0.1, 0.15) is 22.5 Å². The molecule has 3 heterocycles. The van der Waals surface area contributed by atoms with Gasteiger partial charge in [-0.15, -0.1) is 0 Å². The Bertz CT molecular complexity index is 799. The van der Waals surface area contributed by atoms with Crippen molar-refractivity contribution in [3.05, 3.63) is 65.1 Å². The van der Waals surface area contributed by atoms with Gasteiger partial charge in [0, 0.05) is 54.5 Å². The van der Waals surface area contributed by atoms with Crippen LogP contribution in [0.2, 0.25) is 0 Å². The molecule has 0 radical (unpaired) electrons. The average molecular weight is 291 g/mol. The van der Waals surface area contributed by atoms with E-state index in [0.717, 1.165) is 38.2 Å². The highest BCUT2D eigenvalue weighted by Gasteiger charge is 2.18. The van der Waals surface area contributed by atoms with E-state index in [4.69, 9.17) is 0 Å². The molecule has 1 aliphatic rings. The molecule has 3 nitrogen and oxygen atoms in total. The normalized spacial score (nSPS) is 14.2. The van der Waals surface area contributed by atoms with Gasteiger partial charge in [-0.25, -0.2) is 0 Å². The van der Waals surface area contributed by atoms with Crippen molar-refractivity contribution in [2.24, 2.45) is 0 Å². The molecular formula is C19H21N3. The third-order valence-corrected chi connectivity index (χ3v) is 4.63. The van der Waals surface area contributed by atoms with Gasteiger partial charge in [0.15, 0.2) is 0 Å². The highest BCUT2D eigenvalue weighted by molar-refractivity contribution is 5.85. The van der Waals surface area contributed by atoms with E-state index in [-0.39, 0.29) is 0 Å². The zero-order valence-corrected chi connectivity index (χ0v) is 13.0. The smallest absolute Gasteiger partial charge is 0.0486 e. The second-order valence-electron chi connectivity index (χ2n) is 6.08. The minimum Gasteiger partial charge on any atom is -0.344 e. The maximum atomic E-state index is 4.41. The quantitative estimate of drug-likeness (QED) is 0.803. The van der Waals surface area contributed by atoms with E-state index >= 15 is 0 Å². The lowest BCUT2D eigenvalue weighted by Gasteiger charge is -2.17. The Morgan fingerprint density at radius 1 is 1.18 bits per heavy atom. The van der Waals surface area contributed by atoms with E-state index < -0.39 is 0 Å². The molecule has 0 unspecified atom stereocenters. The molecule has 4 rings (SSSR count). The molecule has 1 aliphatic heterocycles. The standard InChI is InChI=1S/C19H21N3/c1-14-6-7-15(12-21-14)9-11-22-18-5-3-2-4-16(18)17-13-20-10-8-19(17)22/h2-7,12,20H,8-11,13H2,1H3. The minimum absolute atomic E-state index is 0.995. The van der Waals surface area contributed by atoms with Gasteiger partial charge >= 0.3 is 0 Å². The van der Waals surface area contributed by atoms with Gasteiger partial charge in [-0.1, -0.05) is 24.3 Å². The first-order chi connectivity index (χ1) is 10.8. The second-order valence-corrected chi connectivity index (χ2v) is 6.08. The van der Waals surface area contributed by atoms with Crippen molar-refractivity contribution in [3.63, 3.8) is 0 Å². The Labute approximate surface area is 131 Å². The monoisotopic (exact) mass is 291 g/mol. The van der Waals surface area contributed by atoms with Crippen molar-refractivity contribution in [1.82, 2.24) is 14.9 Å². The molecule has 3 heteroatoms. The molecule has 0 aliphatic carbocycles. The van der Waals surface area contributed by atoms with Crippen LogP contribution in [0.3, 0.4) is 0 Å². The van der Waals surface area contributed by atoms with Crippen molar-refractivity contribution >= 4 is 10.9 Å². The minimum atomic E-state index is 0.995. The lowest BCUT2D eigenvalue weighted by molar-refractivity contribution is 0.594. The number of hydrogen-bond donors (Lipinski definition) is 1. The fourth-order valence-electron chi connectivity index (χ4n) is 3.47. The van der Waals surface area contributed by atoms with Crippen molar-refractivity contribution in [2.75, 3.05) is 6.54 Å². The molecule has 0 bridgehead atoms. The van der Waals surface area contributed by atoms with Crippen LogP contribution < -0.4 is 5.32 Å². The van der Waals surface area contributed by atoms with Crippen LogP contribution in [-0.4, -0.2) is 16.1 Å². The van der Waals surface area contributed by atoms with Crippen LogP contribution in [0.15, 0.2) is 42.6 Å². The summed E-state index contributed by atoms with van der Waals surface area (Å²) in [5.74, 6) is 0. The van der Waals surface area contributed by atoms with Crippen molar-refractivity contribution in [3.8, 4) is 0 Å². The van der Waals surface area contributed by atoms with E-state index in [1.165, 1.54) is 27.7 Å². The highest BCUT2D eigenvalue weighted by atomic mass is 15.0. The Hall–Kier alpha value is -2.13. The predicted octanol–water partition coefficient (Wildman–Crippen LogP) is 3.23. The van der Waals surface area contributed by atoms with Gasteiger partial charge in [0.1, 0.15) is 0 Å². The van der Waals surface area contributed by atoms with E-state index in [1.54, 1.807) is 0 Å². The first-order valence-corrected chi connectivity index (χ1v) is 8.04. The van der Waals surface area contributed by atoms with Crippen molar-refractivity contribution < 1.29 is 0 Å². The largest absolute Gasteiger partial charge is 0.344 e. The van der Waals surface area contributed by atoms with E-state index in [9.17, 15) is 0 Å². The molecule has 0 fully saturated rings. The average Bonchev–Trinajstić information content (AvgIpc) is 2.89. The summed E-state index contributed by atoms with van der Waals surface area (Å²) in [4.78, 5) is 4.41. The first-order valence-electron chi connectivity index (χ1n) is 8.04. The number of hydrogen-bond acceptors (Lipinski definition) is 2. The van der Waals surface area contributed by atoms with Gasteiger partial charge < -0.3 is 9.88 Å². The van der Waals surface area contributed by atoms with E-state index in [1.807, 2.05) is 13.1 Å². The number of nitrogens with zero attached hydrogens (tertiary/aromatic N) is 2. The second kappa shape index (κ2) is 5.58.